The van der Waals surface area contributed by atoms with Crippen molar-refractivity contribution in [3.05, 3.63) is 35.2 Å². The van der Waals surface area contributed by atoms with E-state index in [4.69, 9.17) is 0 Å². The molecule has 0 radical (unpaired) electrons. The van der Waals surface area contributed by atoms with Crippen molar-refractivity contribution >= 4 is 18.0 Å². The molecule has 2 fully saturated rings. The van der Waals surface area contributed by atoms with Crippen LogP contribution in [0.25, 0.3) is 6.08 Å². The Labute approximate surface area is 137 Å². The van der Waals surface area contributed by atoms with Gasteiger partial charge in [0, 0.05) is 37.4 Å². The van der Waals surface area contributed by atoms with Crippen LogP contribution < -0.4 is 10.2 Å². The van der Waals surface area contributed by atoms with Gasteiger partial charge in [-0.05, 0) is 50.2 Å². The molecule has 2 heterocycles. The number of carbonyl (C=O) groups excluding carboxylic acids is 1. The SMILES string of the molecule is CN1CCN(c2ccc(F)cc2C=C2CCCNC2C=O)CC1. The molecule has 2 aliphatic heterocycles. The highest BCUT2D eigenvalue weighted by Gasteiger charge is 2.20. The van der Waals surface area contributed by atoms with Crippen LogP contribution in [0.4, 0.5) is 10.1 Å². The van der Waals surface area contributed by atoms with Crippen molar-refractivity contribution in [2.45, 2.75) is 18.9 Å². The van der Waals surface area contributed by atoms with Crippen molar-refractivity contribution < 1.29 is 9.18 Å². The molecule has 124 valence electrons. The first-order valence-electron chi connectivity index (χ1n) is 8.29. The summed E-state index contributed by atoms with van der Waals surface area (Å²) in [4.78, 5) is 15.9. The molecule has 0 bridgehead atoms. The van der Waals surface area contributed by atoms with E-state index in [1.165, 1.54) is 6.07 Å². The second-order valence-electron chi connectivity index (χ2n) is 6.38. The van der Waals surface area contributed by atoms with E-state index in [2.05, 4.69) is 22.2 Å². The van der Waals surface area contributed by atoms with Crippen LogP contribution in [-0.2, 0) is 4.79 Å². The standard InChI is InChI=1S/C18H24FN3O/c1-21-7-9-22(10-8-21)18-5-4-16(19)12-15(18)11-14-3-2-6-20-17(14)13-23/h4-5,11-13,17,20H,2-3,6-10H2,1H3. The van der Waals surface area contributed by atoms with Gasteiger partial charge in [0.15, 0.2) is 0 Å². The molecule has 0 amide bonds. The number of hydrogen-bond acceptors (Lipinski definition) is 4. The highest BCUT2D eigenvalue weighted by molar-refractivity contribution is 5.74. The normalized spacial score (nSPS) is 24.9. The van der Waals surface area contributed by atoms with Crippen LogP contribution in [0.15, 0.2) is 23.8 Å². The fraction of sp³-hybridized carbons (Fsp3) is 0.500. The van der Waals surface area contributed by atoms with Gasteiger partial charge in [-0.15, -0.1) is 0 Å². The zero-order valence-electron chi connectivity index (χ0n) is 13.6. The zero-order chi connectivity index (χ0) is 16.2. The van der Waals surface area contributed by atoms with Gasteiger partial charge < -0.3 is 19.9 Å². The Kier molecular flexibility index (Phi) is 5.08. The van der Waals surface area contributed by atoms with Gasteiger partial charge in [-0.2, -0.15) is 0 Å². The number of piperazine rings is 1. The number of carbonyl (C=O) groups is 1. The average molecular weight is 317 g/mol. The highest BCUT2D eigenvalue weighted by atomic mass is 19.1. The molecule has 1 aromatic rings. The summed E-state index contributed by atoms with van der Waals surface area (Å²) in [6.45, 7) is 4.74. The molecule has 1 atom stereocenters. The van der Waals surface area contributed by atoms with Crippen LogP contribution in [0.3, 0.4) is 0 Å². The number of benzene rings is 1. The Bertz CT molecular complexity index is 594. The number of rotatable bonds is 3. The Hall–Kier alpha value is -1.72. The first-order chi connectivity index (χ1) is 11.2. The smallest absolute Gasteiger partial charge is 0.141 e. The maximum atomic E-state index is 13.8. The third-order valence-electron chi connectivity index (χ3n) is 4.72. The minimum absolute atomic E-state index is 0.235. The monoisotopic (exact) mass is 317 g/mol. The second-order valence-corrected chi connectivity index (χ2v) is 6.38. The van der Waals surface area contributed by atoms with E-state index in [-0.39, 0.29) is 11.9 Å². The van der Waals surface area contributed by atoms with Gasteiger partial charge in [0.25, 0.3) is 0 Å². The first kappa shape index (κ1) is 16.1. The molecular formula is C18H24FN3O. The molecule has 1 unspecified atom stereocenters. The number of nitrogens with zero attached hydrogens (tertiary/aromatic N) is 2. The molecule has 0 aliphatic carbocycles. The minimum atomic E-state index is -0.243. The van der Waals surface area contributed by atoms with E-state index in [0.717, 1.165) is 68.7 Å². The Balaban J connectivity index is 1.91. The molecule has 4 nitrogen and oxygen atoms in total. The number of aldehydes is 1. The van der Waals surface area contributed by atoms with Crippen molar-refractivity contribution in [3.63, 3.8) is 0 Å². The molecule has 0 aromatic heterocycles. The summed E-state index contributed by atoms with van der Waals surface area (Å²) in [7, 11) is 2.12. The lowest BCUT2D eigenvalue weighted by Crippen LogP contribution is -2.44. The lowest BCUT2D eigenvalue weighted by molar-refractivity contribution is -0.109. The molecule has 2 aliphatic rings. The summed E-state index contributed by atoms with van der Waals surface area (Å²) in [5.74, 6) is -0.235. The quantitative estimate of drug-likeness (QED) is 0.864. The van der Waals surface area contributed by atoms with Gasteiger partial charge in [0.2, 0.25) is 0 Å². The number of anilines is 1. The summed E-state index contributed by atoms with van der Waals surface area (Å²) in [5.41, 5.74) is 2.98. The Morgan fingerprint density at radius 2 is 2.04 bits per heavy atom. The minimum Gasteiger partial charge on any atom is -0.368 e. The van der Waals surface area contributed by atoms with E-state index < -0.39 is 0 Å². The summed E-state index contributed by atoms with van der Waals surface area (Å²) >= 11 is 0. The largest absolute Gasteiger partial charge is 0.368 e. The van der Waals surface area contributed by atoms with Gasteiger partial charge in [-0.25, -0.2) is 4.39 Å². The maximum absolute atomic E-state index is 13.8. The van der Waals surface area contributed by atoms with E-state index >= 15 is 0 Å². The topological polar surface area (TPSA) is 35.6 Å². The van der Waals surface area contributed by atoms with E-state index in [1.807, 2.05) is 12.1 Å². The molecule has 1 N–H and O–H groups in total. The molecular weight excluding hydrogens is 293 g/mol. The maximum Gasteiger partial charge on any atom is 0.141 e. The molecule has 5 heteroatoms. The van der Waals surface area contributed by atoms with E-state index in [9.17, 15) is 9.18 Å². The number of halogens is 1. The highest BCUT2D eigenvalue weighted by Crippen LogP contribution is 2.27. The number of likely N-dealkylation sites (N-methyl/N-ethyl adjacent to an activating group) is 1. The van der Waals surface area contributed by atoms with Crippen LogP contribution in [0.2, 0.25) is 0 Å². The molecule has 0 saturated carbocycles. The van der Waals surface area contributed by atoms with Gasteiger partial charge in [0.1, 0.15) is 12.1 Å². The summed E-state index contributed by atoms with van der Waals surface area (Å²) in [6, 6.07) is 4.72. The predicted octanol–water partition coefficient (Wildman–Crippen LogP) is 1.91. The van der Waals surface area contributed by atoms with Crippen molar-refractivity contribution in [2.75, 3.05) is 44.7 Å². The van der Waals surface area contributed by atoms with Crippen molar-refractivity contribution in [1.29, 1.82) is 0 Å². The molecule has 0 spiro atoms. The third kappa shape index (κ3) is 3.79. The molecule has 3 rings (SSSR count). The van der Waals surface area contributed by atoms with Gasteiger partial charge in [0.05, 0.1) is 6.04 Å². The molecule has 1 aromatic carbocycles. The zero-order valence-corrected chi connectivity index (χ0v) is 13.6. The second kappa shape index (κ2) is 7.23. The van der Waals surface area contributed by atoms with E-state index in [0.29, 0.717) is 0 Å². The van der Waals surface area contributed by atoms with Crippen LogP contribution >= 0.6 is 0 Å². The fourth-order valence-corrected chi connectivity index (χ4v) is 3.31. The first-order valence-corrected chi connectivity index (χ1v) is 8.29. The predicted molar refractivity (Wildman–Crippen MR) is 91.2 cm³/mol. The van der Waals surface area contributed by atoms with Crippen molar-refractivity contribution in [3.8, 4) is 0 Å². The number of nitrogens with one attached hydrogen (secondary N) is 1. The summed E-state index contributed by atoms with van der Waals surface area (Å²) in [5, 5.41) is 3.21. The van der Waals surface area contributed by atoms with Crippen LogP contribution in [-0.4, -0.2) is 57.0 Å². The van der Waals surface area contributed by atoms with Gasteiger partial charge in [-0.1, -0.05) is 6.08 Å². The number of piperidine rings is 1. The fourth-order valence-electron chi connectivity index (χ4n) is 3.31. The third-order valence-corrected chi connectivity index (χ3v) is 4.72. The van der Waals surface area contributed by atoms with Gasteiger partial charge in [-0.3, -0.25) is 0 Å². The van der Waals surface area contributed by atoms with Gasteiger partial charge >= 0.3 is 0 Å². The summed E-state index contributed by atoms with van der Waals surface area (Å²) < 4.78 is 13.8. The summed E-state index contributed by atoms with van der Waals surface area (Å²) in [6.07, 6.45) is 4.84. The van der Waals surface area contributed by atoms with Crippen LogP contribution in [0.1, 0.15) is 18.4 Å². The van der Waals surface area contributed by atoms with Crippen molar-refractivity contribution in [1.82, 2.24) is 10.2 Å². The van der Waals surface area contributed by atoms with Crippen LogP contribution in [0, 0.1) is 5.82 Å². The lowest BCUT2D eigenvalue weighted by atomic mass is 9.95. The molecule has 2 saturated heterocycles. The van der Waals surface area contributed by atoms with Crippen LogP contribution in [0.5, 0.6) is 0 Å². The Morgan fingerprint density at radius 1 is 1.26 bits per heavy atom. The number of hydrogen-bond donors (Lipinski definition) is 1. The average Bonchev–Trinajstić information content (AvgIpc) is 2.57. The Morgan fingerprint density at radius 3 is 2.78 bits per heavy atom. The lowest BCUT2D eigenvalue weighted by Gasteiger charge is -2.35. The van der Waals surface area contributed by atoms with Crippen molar-refractivity contribution in [2.24, 2.45) is 0 Å². The molecule has 23 heavy (non-hydrogen) atoms. The van der Waals surface area contributed by atoms with E-state index in [1.54, 1.807) is 6.07 Å².